The molecule has 0 atom stereocenters. The van der Waals surface area contributed by atoms with E-state index in [9.17, 15) is 14.6 Å². The van der Waals surface area contributed by atoms with Crippen LogP contribution in [0.2, 0.25) is 0 Å². The first kappa shape index (κ1) is 12.8. The van der Waals surface area contributed by atoms with Crippen LogP contribution in [0.1, 0.15) is 51.7 Å². The first-order valence-corrected chi connectivity index (χ1v) is 5.41. The molecule has 2 N–H and O–H groups in total. The molecule has 0 saturated heterocycles. The van der Waals surface area contributed by atoms with Gasteiger partial charge in [-0.3, -0.25) is 0 Å². The molecule has 1 aromatic carbocycles. The number of benzene rings is 1. The van der Waals surface area contributed by atoms with E-state index in [-0.39, 0.29) is 11.3 Å². The van der Waals surface area contributed by atoms with Gasteiger partial charge in [0.05, 0.1) is 0 Å². The Morgan fingerprint density at radius 1 is 1.19 bits per heavy atom. The van der Waals surface area contributed by atoms with Crippen LogP contribution in [0.25, 0.3) is 0 Å². The van der Waals surface area contributed by atoms with Crippen molar-refractivity contribution in [3.8, 4) is 11.5 Å². The quantitative estimate of drug-likeness (QED) is 0.717. The molecule has 0 aliphatic carbocycles. The zero-order chi connectivity index (χ0) is 12.7. The van der Waals surface area contributed by atoms with Crippen molar-refractivity contribution in [1.82, 2.24) is 0 Å². The lowest BCUT2D eigenvalue weighted by atomic mass is 9.80. The van der Waals surface area contributed by atoms with Crippen LogP contribution in [-0.4, -0.2) is 10.2 Å². The maximum atomic E-state index is 13.9. The van der Waals surface area contributed by atoms with Crippen molar-refractivity contribution in [3.05, 3.63) is 23.0 Å². The van der Waals surface area contributed by atoms with Crippen LogP contribution in [0, 0.1) is 5.82 Å². The first-order valence-electron chi connectivity index (χ1n) is 5.41. The highest BCUT2D eigenvalue weighted by Gasteiger charge is 2.26. The van der Waals surface area contributed by atoms with E-state index in [0.717, 1.165) is 5.56 Å². The molecular formula is C13H19FO2. The highest BCUT2D eigenvalue weighted by Crippen LogP contribution is 2.40. The molecule has 0 radical (unpaired) electrons. The molecule has 2 nitrogen and oxygen atoms in total. The molecule has 90 valence electrons. The minimum atomic E-state index is -0.708. The van der Waals surface area contributed by atoms with Gasteiger partial charge in [0.15, 0.2) is 17.3 Å². The average molecular weight is 226 g/mol. The summed E-state index contributed by atoms with van der Waals surface area (Å²) in [5.41, 5.74) is 0.934. The minimum absolute atomic E-state index is 0.0410. The molecule has 0 amide bonds. The molecular weight excluding hydrogens is 207 g/mol. The summed E-state index contributed by atoms with van der Waals surface area (Å²) < 4.78 is 13.9. The molecule has 0 heterocycles. The van der Waals surface area contributed by atoms with E-state index in [2.05, 4.69) is 0 Å². The first-order chi connectivity index (χ1) is 7.16. The number of phenolic OH excluding ortho intramolecular Hbond substituents is 2. The normalized spacial score (nSPS) is 12.2. The second kappa shape index (κ2) is 3.96. The maximum absolute atomic E-state index is 13.9. The van der Waals surface area contributed by atoms with E-state index in [4.69, 9.17) is 0 Å². The average Bonchev–Trinajstić information content (AvgIpc) is 2.11. The largest absolute Gasteiger partial charge is 0.504 e. The molecule has 1 aromatic rings. The van der Waals surface area contributed by atoms with Crippen LogP contribution in [-0.2, 0) is 5.41 Å². The zero-order valence-electron chi connectivity index (χ0n) is 10.4. The van der Waals surface area contributed by atoms with Crippen LogP contribution in [0.15, 0.2) is 6.07 Å². The van der Waals surface area contributed by atoms with Gasteiger partial charge in [0.2, 0.25) is 0 Å². The van der Waals surface area contributed by atoms with Crippen LogP contribution >= 0.6 is 0 Å². The molecule has 0 saturated carbocycles. The lowest BCUT2D eigenvalue weighted by Crippen LogP contribution is -2.16. The van der Waals surface area contributed by atoms with E-state index >= 15 is 0 Å². The molecule has 3 heteroatoms. The second-order valence-corrected chi connectivity index (χ2v) is 5.42. The number of rotatable bonds is 1. The Morgan fingerprint density at radius 2 is 1.69 bits per heavy atom. The van der Waals surface area contributed by atoms with E-state index in [1.54, 1.807) is 0 Å². The van der Waals surface area contributed by atoms with Crippen LogP contribution < -0.4 is 0 Å². The monoisotopic (exact) mass is 226 g/mol. The Hall–Kier alpha value is -1.25. The fraction of sp³-hybridized carbons (Fsp3) is 0.538. The van der Waals surface area contributed by atoms with Crippen molar-refractivity contribution in [2.45, 2.75) is 46.0 Å². The maximum Gasteiger partial charge on any atom is 0.194 e. The Morgan fingerprint density at radius 3 is 2.06 bits per heavy atom. The van der Waals surface area contributed by atoms with E-state index in [0.29, 0.717) is 5.56 Å². The minimum Gasteiger partial charge on any atom is -0.504 e. The van der Waals surface area contributed by atoms with E-state index in [1.807, 2.05) is 34.6 Å². The zero-order valence-corrected chi connectivity index (χ0v) is 10.4. The van der Waals surface area contributed by atoms with Crippen molar-refractivity contribution in [1.29, 1.82) is 0 Å². The third-order valence-electron chi connectivity index (χ3n) is 2.64. The fourth-order valence-electron chi connectivity index (χ4n) is 1.83. The molecule has 0 fully saturated rings. The van der Waals surface area contributed by atoms with Crippen molar-refractivity contribution < 1.29 is 14.6 Å². The standard InChI is InChI=1S/C13H19FO2/c1-7(2)10-8(13(3,4)5)6-9(15)12(16)11(10)14/h6-7,15-16H,1-5H3. The summed E-state index contributed by atoms with van der Waals surface area (Å²) in [4.78, 5) is 0. The molecule has 0 aliphatic heterocycles. The van der Waals surface area contributed by atoms with Crippen LogP contribution in [0.4, 0.5) is 4.39 Å². The number of hydrogen-bond acceptors (Lipinski definition) is 2. The van der Waals surface area contributed by atoms with Crippen molar-refractivity contribution in [3.63, 3.8) is 0 Å². The lowest BCUT2D eigenvalue weighted by Gasteiger charge is -2.25. The summed E-state index contributed by atoms with van der Waals surface area (Å²) in [7, 11) is 0. The van der Waals surface area contributed by atoms with Gasteiger partial charge in [-0.25, -0.2) is 4.39 Å². The summed E-state index contributed by atoms with van der Waals surface area (Å²) in [6.45, 7) is 9.58. The molecule has 0 unspecified atom stereocenters. The molecule has 0 bridgehead atoms. The van der Waals surface area contributed by atoms with Gasteiger partial charge < -0.3 is 10.2 Å². The van der Waals surface area contributed by atoms with Crippen LogP contribution in [0.3, 0.4) is 0 Å². The number of halogens is 1. The lowest BCUT2D eigenvalue weighted by molar-refractivity contribution is 0.371. The Bertz CT molecular complexity index is 403. The summed E-state index contributed by atoms with van der Waals surface area (Å²) in [6, 6.07) is 1.45. The van der Waals surface area contributed by atoms with Gasteiger partial charge >= 0.3 is 0 Å². The third kappa shape index (κ3) is 2.13. The van der Waals surface area contributed by atoms with E-state index < -0.39 is 17.3 Å². The Kier molecular flexibility index (Phi) is 3.17. The number of hydrogen-bond donors (Lipinski definition) is 2. The summed E-state index contributed by atoms with van der Waals surface area (Å²) in [6.07, 6.45) is 0. The van der Waals surface area contributed by atoms with Crippen molar-refractivity contribution >= 4 is 0 Å². The fourth-order valence-corrected chi connectivity index (χ4v) is 1.83. The van der Waals surface area contributed by atoms with Gasteiger partial charge in [-0.1, -0.05) is 34.6 Å². The second-order valence-electron chi connectivity index (χ2n) is 5.42. The van der Waals surface area contributed by atoms with Gasteiger partial charge in [0.25, 0.3) is 0 Å². The topological polar surface area (TPSA) is 40.5 Å². The van der Waals surface area contributed by atoms with Gasteiger partial charge in [-0.2, -0.15) is 0 Å². The SMILES string of the molecule is CC(C)c1c(C(C)(C)C)cc(O)c(O)c1F. The van der Waals surface area contributed by atoms with Crippen molar-refractivity contribution in [2.75, 3.05) is 0 Å². The molecule has 0 aliphatic rings. The summed E-state index contributed by atoms with van der Waals surface area (Å²) in [5.74, 6) is -1.80. The predicted molar refractivity (Wildman–Crippen MR) is 62.5 cm³/mol. The van der Waals surface area contributed by atoms with Gasteiger partial charge in [-0.05, 0) is 28.5 Å². The predicted octanol–water partition coefficient (Wildman–Crippen LogP) is 3.66. The molecule has 1 rings (SSSR count). The molecule has 0 aromatic heterocycles. The van der Waals surface area contributed by atoms with Crippen LogP contribution in [0.5, 0.6) is 11.5 Å². The van der Waals surface area contributed by atoms with Gasteiger partial charge in [0, 0.05) is 0 Å². The van der Waals surface area contributed by atoms with E-state index in [1.165, 1.54) is 6.07 Å². The highest BCUT2D eigenvalue weighted by molar-refractivity contribution is 5.50. The summed E-state index contributed by atoms with van der Waals surface area (Å²) >= 11 is 0. The van der Waals surface area contributed by atoms with Gasteiger partial charge in [-0.15, -0.1) is 0 Å². The number of phenols is 2. The highest BCUT2D eigenvalue weighted by atomic mass is 19.1. The van der Waals surface area contributed by atoms with Gasteiger partial charge in [0.1, 0.15) is 0 Å². The van der Waals surface area contributed by atoms with Crippen molar-refractivity contribution in [2.24, 2.45) is 0 Å². The summed E-state index contributed by atoms with van der Waals surface area (Å²) in [5, 5.41) is 18.9. The Labute approximate surface area is 95.7 Å². The third-order valence-corrected chi connectivity index (χ3v) is 2.64. The molecule has 0 spiro atoms. The smallest absolute Gasteiger partial charge is 0.194 e. The number of aromatic hydroxyl groups is 2. The molecule has 16 heavy (non-hydrogen) atoms. The Balaban J connectivity index is 3.61.